The molecule has 0 aromatic heterocycles. The Hall–Kier alpha value is -2.41. The van der Waals surface area contributed by atoms with Crippen molar-refractivity contribution in [2.24, 2.45) is 0 Å². The summed E-state index contributed by atoms with van der Waals surface area (Å²) >= 11 is 0. The fraction of sp³-hybridized carbons (Fsp3) is 0.133. The molecule has 0 fully saturated rings. The van der Waals surface area contributed by atoms with Gasteiger partial charge in [-0.05, 0) is 24.3 Å². The van der Waals surface area contributed by atoms with Crippen molar-refractivity contribution in [3.05, 3.63) is 70.8 Å². The van der Waals surface area contributed by atoms with E-state index in [9.17, 15) is 27.5 Å². The molecule has 0 aliphatic heterocycles. The minimum absolute atomic E-state index is 0.385. The number of ether oxygens (including phenoxy) is 1. The summed E-state index contributed by atoms with van der Waals surface area (Å²) in [7, 11) is 0.951. The molecule has 7 heteroatoms. The third-order valence-electron chi connectivity index (χ3n) is 3.16. The van der Waals surface area contributed by atoms with E-state index in [0.717, 1.165) is 19.2 Å². The van der Waals surface area contributed by atoms with Gasteiger partial charge in [-0.2, -0.15) is 0 Å². The normalized spacial score (nSPS) is 11.4. The number of rotatable bonds is 3. The Morgan fingerprint density at radius 1 is 0.909 bits per heavy atom. The summed E-state index contributed by atoms with van der Waals surface area (Å²) in [4.78, 5) is 11.9. The van der Waals surface area contributed by atoms with E-state index in [-0.39, 0.29) is 11.1 Å². The lowest BCUT2D eigenvalue weighted by molar-refractivity contribution is -0.159. The fourth-order valence-corrected chi connectivity index (χ4v) is 1.99. The van der Waals surface area contributed by atoms with E-state index in [1.807, 2.05) is 0 Å². The summed E-state index contributed by atoms with van der Waals surface area (Å²) in [6.07, 6.45) is 0. The SMILES string of the molecule is COC(=O)C(O)(c1ccc(F)c(F)c1)c1ccc(F)c(F)c1. The molecule has 0 heterocycles. The molecule has 0 aliphatic carbocycles. The minimum Gasteiger partial charge on any atom is -0.466 e. The predicted molar refractivity (Wildman–Crippen MR) is 67.7 cm³/mol. The predicted octanol–water partition coefficient (Wildman–Crippen LogP) is 2.65. The number of aliphatic hydroxyl groups is 1. The smallest absolute Gasteiger partial charge is 0.347 e. The summed E-state index contributed by atoms with van der Waals surface area (Å²) in [5, 5.41) is 10.6. The minimum atomic E-state index is -2.61. The Morgan fingerprint density at radius 2 is 1.32 bits per heavy atom. The van der Waals surface area contributed by atoms with Crippen LogP contribution in [0.5, 0.6) is 0 Å². The van der Waals surface area contributed by atoms with Crippen molar-refractivity contribution >= 4 is 5.97 Å². The average Bonchev–Trinajstić information content (AvgIpc) is 2.51. The van der Waals surface area contributed by atoms with Crippen LogP contribution in [0.2, 0.25) is 0 Å². The van der Waals surface area contributed by atoms with Crippen molar-refractivity contribution < 1.29 is 32.2 Å². The van der Waals surface area contributed by atoms with E-state index >= 15 is 0 Å². The van der Waals surface area contributed by atoms with Crippen molar-refractivity contribution in [3.63, 3.8) is 0 Å². The molecule has 0 saturated carbocycles. The molecule has 0 radical (unpaired) electrons. The molecule has 0 atom stereocenters. The molecule has 0 aliphatic rings. The van der Waals surface area contributed by atoms with E-state index in [4.69, 9.17) is 0 Å². The third kappa shape index (κ3) is 2.55. The molecule has 2 aromatic carbocycles. The average molecular weight is 314 g/mol. The zero-order valence-electron chi connectivity index (χ0n) is 11.2. The largest absolute Gasteiger partial charge is 0.466 e. The molecule has 0 bridgehead atoms. The Morgan fingerprint density at radius 3 is 1.64 bits per heavy atom. The highest BCUT2D eigenvalue weighted by Crippen LogP contribution is 2.32. The van der Waals surface area contributed by atoms with Gasteiger partial charge in [0.05, 0.1) is 7.11 Å². The molecule has 0 amide bonds. The maximum Gasteiger partial charge on any atom is 0.347 e. The van der Waals surface area contributed by atoms with Gasteiger partial charge >= 0.3 is 5.97 Å². The number of carbonyl (C=O) groups excluding carboxylic acids is 1. The first-order chi connectivity index (χ1) is 10.3. The summed E-state index contributed by atoms with van der Waals surface area (Å²) in [5.74, 6) is -6.28. The molecule has 2 rings (SSSR count). The van der Waals surface area contributed by atoms with E-state index in [1.165, 1.54) is 0 Å². The number of hydrogen-bond donors (Lipinski definition) is 1. The molecule has 0 spiro atoms. The Balaban J connectivity index is 2.68. The fourth-order valence-electron chi connectivity index (χ4n) is 1.99. The third-order valence-corrected chi connectivity index (χ3v) is 3.16. The molecule has 0 saturated heterocycles. The van der Waals surface area contributed by atoms with Crippen molar-refractivity contribution in [1.82, 2.24) is 0 Å². The van der Waals surface area contributed by atoms with E-state index < -0.39 is 34.8 Å². The van der Waals surface area contributed by atoms with Gasteiger partial charge in [0.25, 0.3) is 0 Å². The Bertz CT molecular complexity index is 679. The molecule has 2 aromatic rings. The molecule has 0 unspecified atom stereocenters. The van der Waals surface area contributed by atoms with Crippen molar-refractivity contribution in [3.8, 4) is 0 Å². The quantitative estimate of drug-likeness (QED) is 0.700. The van der Waals surface area contributed by atoms with Gasteiger partial charge in [-0.1, -0.05) is 12.1 Å². The molecule has 1 N–H and O–H groups in total. The second kappa shape index (κ2) is 5.76. The number of esters is 1. The van der Waals surface area contributed by atoms with Crippen molar-refractivity contribution in [2.45, 2.75) is 5.60 Å². The van der Waals surface area contributed by atoms with Gasteiger partial charge < -0.3 is 9.84 Å². The molecule has 22 heavy (non-hydrogen) atoms. The van der Waals surface area contributed by atoms with E-state index in [2.05, 4.69) is 4.74 Å². The second-order valence-electron chi connectivity index (χ2n) is 4.46. The van der Waals surface area contributed by atoms with Crippen LogP contribution in [-0.2, 0) is 15.1 Å². The zero-order valence-corrected chi connectivity index (χ0v) is 11.2. The number of hydrogen-bond acceptors (Lipinski definition) is 3. The number of halogens is 4. The van der Waals surface area contributed by atoms with E-state index in [1.54, 1.807) is 0 Å². The standard InChI is InChI=1S/C15H10F4O3/c1-22-14(20)15(21,8-2-4-10(16)12(18)6-8)9-3-5-11(17)13(19)7-9/h2-7,21H,1H3. The Labute approximate surface area is 122 Å². The monoisotopic (exact) mass is 314 g/mol. The molecular formula is C15H10F4O3. The van der Waals surface area contributed by atoms with Crippen LogP contribution in [0.15, 0.2) is 36.4 Å². The maximum atomic E-state index is 13.4. The van der Waals surface area contributed by atoms with Gasteiger partial charge in [0.15, 0.2) is 23.3 Å². The molecule has 116 valence electrons. The van der Waals surface area contributed by atoms with Crippen LogP contribution in [-0.4, -0.2) is 18.2 Å². The van der Waals surface area contributed by atoms with Crippen molar-refractivity contribution in [2.75, 3.05) is 7.11 Å². The van der Waals surface area contributed by atoms with Crippen LogP contribution in [0, 0.1) is 23.3 Å². The van der Waals surface area contributed by atoms with E-state index in [0.29, 0.717) is 24.3 Å². The second-order valence-corrected chi connectivity index (χ2v) is 4.46. The first kappa shape index (κ1) is 16.0. The number of benzene rings is 2. The summed E-state index contributed by atoms with van der Waals surface area (Å²) in [6, 6.07) is 4.42. The van der Waals surface area contributed by atoms with Crippen LogP contribution in [0.3, 0.4) is 0 Å². The van der Waals surface area contributed by atoms with Gasteiger partial charge in [-0.15, -0.1) is 0 Å². The molecule has 3 nitrogen and oxygen atoms in total. The van der Waals surface area contributed by atoms with Gasteiger partial charge in [-0.3, -0.25) is 0 Å². The highest BCUT2D eigenvalue weighted by Gasteiger charge is 2.42. The highest BCUT2D eigenvalue weighted by atomic mass is 19.2. The first-order valence-electron chi connectivity index (χ1n) is 6.02. The van der Waals surface area contributed by atoms with Gasteiger partial charge in [0.1, 0.15) is 0 Å². The Kier molecular flexibility index (Phi) is 4.18. The van der Waals surface area contributed by atoms with Crippen LogP contribution in [0.4, 0.5) is 17.6 Å². The molecular weight excluding hydrogens is 304 g/mol. The highest BCUT2D eigenvalue weighted by molar-refractivity contribution is 5.85. The lowest BCUT2D eigenvalue weighted by Crippen LogP contribution is -2.38. The maximum absolute atomic E-state index is 13.4. The van der Waals surface area contributed by atoms with Gasteiger partial charge in [0.2, 0.25) is 5.60 Å². The topological polar surface area (TPSA) is 46.5 Å². The zero-order chi connectivity index (χ0) is 16.5. The lowest BCUT2D eigenvalue weighted by atomic mass is 9.86. The number of carbonyl (C=O) groups is 1. The van der Waals surface area contributed by atoms with Crippen LogP contribution < -0.4 is 0 Å². The van der Waals surface area contributed by atoms with Gasteiger partial charge in [-0.25, -0.2) is 22.4 Å². The lowest BCUT2D eigenvalue weighted by Gasteiger charge is -2.26. The number of methoxy groups -OCH3 is 1. The van der Waals surface area contributed by atoms with Gasteiger partial charge in [0, 0.05) is 11.1 Å². The first-order valence-corrected chi connectivity index (χ1v) is 6.02. The van der Waals surface area contributed by atoms with Crippen LogP contribution in [0.25, 0.3) is 0 Å². The van der Waals surface area contributed by atoms with Crippen LogP contribution >= 0.6 is 0 Å². The summed E-state index contributed by atoms with van der Waals surface area (Å²) in [6.45, 7) is 0. The van der Waals surface area contributed by atoms with Crippen molar-refractivity contribution in [1.29, 1.82) is 0 Å². The summed E-state index contributed by atoms with van der Waals surface area (Å²) in [5.41, 5.74) is -3.38. The van der Waals surface area contributed by atoms with Crippen LogP contribution in [0.1, 0.15) is 11.1 Å². The summed E-state index contributed by atoms with van der Waals surface area (Å²) < 4.78 is 57.2.